The second-order valence-electron chi connectivity index (χ2n) is 3.96. The quantitative estimate of drug-likeness (QED) is 0.767. The second-order valence-corrected chi connectivity index (χ2v) is 8.34. The molecule has 0 aliphatic carbocycles. The van der Waals surface area contributed by atoms with E-state index in [1.54, 1.807) is 6.07 Å². The number of nitrogen functional groups attached to an aromatic ring is 1. The highest BCUT2D eigenvalue weighted by atomic mass is 79.9. The molecule has 0 bridgehead atoms. The lowest BCUT2D eigenvalue weighted by Gasteiger charge is -2.12. The van der Waals surface area contributed by atoms with Gasteiger partial charge < -0.3 is 5.73 Å². The molecule has 0 aliphatic rings. The Hall–Kier alpha value is -1.26. The van der Waals surface area contributed by atoms with Gasteiger partial charge in [-0.15, -0.1) is 11.3 Å². The normalized spacial score (nSPS) is 12.4. The average Bonchev–Trinajstić information content (AvgIpc) is 2.78. The highest BCUT2D eigenvalue weighted by Crippen LogP contribution is 2.34. The van der Waals surface area contributed by atoms with Gasteiger partial charge in [0.15, 0.2) is 0 Å². The van der Waals surface area contributed by atoms with Crippen LogP contribution < -0.4 is 10.5 Å². The summed E-state index contributed by atoms with van der Waals surface area (Å²) in [6.07, 6.45) is -4.54. The van der Waals surface area contributed by atoms with Crippen LogP contribution in [0.2, 0.25) is 0 Å². The van der Waals surface area contributed by atoms with Crippen molar-refractivity contribution in [2.45, 2.75) is 10.4 Å². The SMILES string of the molecule is Nc1cc(C(F)(F)F)ccc1NS(=O)(=O)c1ccc(Br)s1. The van der Waals surface area contributed by atoms with Crippen molar-refractivity contribution in [1.29, 1.82) is 0 Å². The van der Waals surface area contributed by atoms with Crippen LogP contribution in [0.15, 0.2) is 38.3 Å². The van der Waals surface area contributed by atoms with E-state index in [0.717, 1.165) is 23.5 Å². The summed E-state index contributed by atoms with van der Waals surface area (Å²) >= 11 is 4.11. The van der Waals surface area contributed by atoms with Crippen molar-refractivity contribution in [2.75, 3.05) is 10.5 Å². The van der Waals surface area contributed by atoms with Crippen LogP contribution in [0.1, 0.15) is 5.56 Å². The fourth-order valence-electron chi connectivity index (χ4n) is 1.47. The van der Waals surface area contributed by atoms with Crippen LogP contribution in [0.3, 0.4) is 0 Å². The Labute approximate surface area is 131 Å². The van der Waals surface area contributed by atoms with E-state index < -0.39 is 21.8 Å². The Morgan fingerprint density at radius 2 is 1.86 bits per heavy atom. The molecule has 3 N–H and O–H groups in total. The minimum Gasteiger partial charge on any atom is -0.397 e. The van der Waals surface area contributed by atoms with Gasteiger partial charge in [0.25, 0.3) is 10.0 Å². The third kappa shape index (κ3) is 3.69. The standard InChI is InChI=1S/C11H8BrF3N2O2S2/c12-9-3-4-10(20-9)21(18,19)17-8-2-1-6(5-7(8)16)11(13,14)15/h1-5,17H,16H2. The number of anilines is 2. The van der Waals surface area contributed by atoms with Crippen LogP contribution in [0.4, 0.5) is 24.5 Å². The first-order valence-electron chi connectivity index (χ1n) is 5.34. The van der Waals surface area contributed by atoms with Crippen molar-refractivity contribution in [3.05, 3.63) is 39.7 Å². The van der Waals surface area contributed by atoms with Crippen molar-refractivity contribution in [3.8, 4) is 0 Å². The van der Waals surface area contributed by atoms with E-state index >= 15 is 0 Å². The molecular formula is C11H8BrF3N2O2S2. The summed E-state index contributed by atoms with van der Waals surface area (Å²) in [6, 6.07) is 5.35. The number of sulfonamides is 1. The van der Waals surface area contributed by atoms with Crippen LogP contribution in [0.5, 0.6) is 0 Å². The first-order chi connectivity index (χ1) is 9.59. The van der Waals surface area contributed by atoms with Gasteiger partial charge in [-0.2, -0.15) is 13.2 Å². The number of benzene rings is 1. The van der Waals surface area contributed by atoms with Crippen molar-refractivity contribution in [2.24, 2.45) is 0 Å². The maximum Gasteiger partial charge on any atom is 0.416 e. The summed E-state index contributed by atoms with van der Waals surface area (Å²) in [5, 5.41) is 0. The second kappa shape index (κ2) is 5.50. The third-order valence-electron chi connectivity index (χ3n) is 2.44. The summed E-state index contributed by atoms with van der Waals surface area (Å²) < 4.78 is 64.4. The van der Waals surface area contributed by atoms with Gasteiger partial charge in [-0.3, -0.25) is 4.72 Å². The molecular weight excluding hydrogens is 393 g/mol. The predicted octanol–water partition coefficient (Wildman–Crippen LogP) is 3.91. The number of hydrogen-bond acceptors (Lipinski definition) is 4. The lowest BCUT2D eigenvalue weighted by Crippen LogP contribution is -2.14. The molecule has 1 aromatic heterocycles. The number of hydrogen-bond donors (Lipinski definition) is 2. The summed E-state index contributed by atoms with van der Waals surface area (Å²) in [4.78, 5) is 0. The highest BCUT2D eigenvalue weighted by molar-refractivity contribution is 9.11. The monoisotopic (exact) mass is 400 g/mol. The molecule has 2 aromatic rings. The Balaban J connectivity index is 2.32. The third-order valence-corrected chi connectivity index (χ3v) is 5.92. The molecule has 0 atom stereocenters. The molecule has 21 heavy (non-hydrogen) atoms. The topological polar surface area (TPSA) is 72.2 Å². The van der Waals surface area contributed by atoms with Gasteiger partial charge in [-0.1, -0.05) is 0 Å². The molecule has 0 amide bonds. The van der Waals surface area contributed by atoms with E-state index in [4.69, 9.17) is 5.73 Å². The lowest BCUT2D eigenvalue weighted by molar-refractivity contribution is -0.137. The molecule has 0 aliphatic heterocycles. The maximum atomic E-state index is 12.5. The van der Waals surface area contributed by atoms with E-state index in [1.807, 2.05) is 0 Å². The Morgan fingerprint density at radius 1 is 1.19 bits per heavy atom. The molecule has 114 valence electrons. The van der Waals surface area contributed by atoms with E-state index in [1.165, 1.54) is 6.07 Å². The summed E-state index contributed by atoms with van der Waals surface area (Å²) in [5.41, 5.74) is 4.13. The van der Waals surface area contributed by atoms with Gasteiger partial charge in [0.1, 0.15) is 4.21 Å². The van der Waals surface area contributed by atoms with Gasteiger partial charge in [-0.05, 0) is 46.3 Å². The zero-order valence-corrected chi connectivity index (χ0v) is 13.3. The van der Waals surface area contributed by atoms with Crippen molar-refractivity contribution in [1.82, 2.24) is 0 Å². The summed E-state index contributed by atoms with van der Waals surface area (Å²) in [7, 11) is -3.89. The minimum absolute atomic E-state index is 0.0219. The molecule has 10 heteroatoms. The summed E-state index contributed by atoms with van der Waals surface area (Å²) in [5.74, 6) is 0. The molecule has 0 saturated heterocycles. The first-order valence-corrected chi connectivity index (χ1v) is 8.44. The van der Waals surface area contributed by atoms with Crippen LogP contribution in [0, 0.1) is 0 Å². The van der Waals surface area contributed by atoms with Gasteiger partial charge in [0, 0.05) is 0 Å². The molecule has 0 fully saturated rings. The molecule has 1 heterocycles. The Bertz CT molecular complexity index is 772. The van der Waals surface area contributed by atoms with Gasteiger partial charge in [-0.25, -0.2) is 8.42 Å². The van der Waals surface area contributed by atoms with Crippen LogP contribution >= 0.6 is 27.3 Å². The largest absolute Gasteiger partial charge is 0.416 e. The number of rotatable bonds is 3. The number of halogens is 4. The number of thiophene rings is 1. The van der Waals surface area contributed by atoms with Gasteiger partial charge in [0.2, 0.25) is 0 Å². The molecule has 0 unspecified atom stereocenters. The Kier molecular flexibility index (Phi) is 4.22. The van der Waals surface area contributed by atoms with Crippen molar-refractivity contribution in [3.63, 3.8) is 0 Å². The zero-order valence-electron chi connectivity index (χ0n) is 10.1. The highest BCUT2D eigenvalue weighted by Gasteiger charge is 2.31. The van der Waals surface area contributed by atoms with Crippen molar-refractivity contribution >= 4 is 48.7 Å². The molecule has 4 nitrogen and oxygen atoms in total. The Morgan fingerprint density at radius 3 is 2.33 bits per heavy atom. The number of nitrogens with one attached hydrogen (secondary N) is 1. The predicted molar refractivity (Wildman–Crippen MR) is 78.7 cm³/mol. The molecule has 1 aromatic carbocycles. The minimum atomic E-state index is -4.54. The molecule has 0 radical (unpaired) electrons. The van der Waals surface area contributed by atoms with Gasteiger partial charge >= 0.3 is 6.18 Å². The average molecular weight is 401 g/mol. The van der Waals surface area contributed by atoms with Crippen LogP contribution in [-0.2, 0) is 16.2 Å². The summed E-state index contributed by atoms with van der Waals surface area (Å²) in [6.45, 7) is 0. The van der Waals surface area contributed by atoms with E-state index in [-0.39, 0.29) is 15.6 Å². The first kappa shape index (κ1) is 16.1. The van der Waals surface area contributed by atoms with E-state index in [0.29, 0.717) is 9.85 Å². The smallest absolute Gasteiger partial charge is 0.397 e. The maximum absolute atomic E-state index is 12.5. The fraction of sp³-hybridized carbons (Fsp3) is 0.0909. The zero-order chi connectivity index (χ0) is 15.8. The number of alkyl halides is 3. The molecule has 2 rings (SSSR count). The van der Waals surface area contributed by atoms with E-state index in [9.17, 15) is 21.6 Å². The fourth-order valence-corrected chi connectivity index (χ4v) is 4.57. The lowest BCUT2D eigenvalue weighted by atomic mass is 10.2. The van der Waals surface area contributed by atoms with E-state index in [2.05, 4.69) is 20.7 Å². The van der Waals surface area contributed by atoms with Crippen LogP contribution in [0.25, 0.3) is 0 Å². The number of nitrogens with two attached hydrogens (primary N) is 1. The molecule has 0 saturated carbocycles. The van der Waals surface area contributed by atoms with Crippen molar-refractivity contribution < 1.29 is 21.6 Å². The molecule has 0 spiro atoms. The van der Waals surface area contributed by atoms with Gasteiger partial charge in [0.05, 0.1) is 20.7 Å². The van der Waals surface area contributed by atoms with Crippen LogP contribution in [-0.4, -0.2) is 8.42 Å².